The lowest BCUT2D eigenvalue weighted by Gasteiger charge is -2.12. The molecule has 0 atom stereocenters. The van der Waals surface area contributed by atoms with E-state index in [2.05, 4.69) is 10.2 Å². The zero-order valence-corrected chi connectivity index (χ0v) is 14.0. The molecule has 0 aliphatic heterocycles. The number of ether oxygens (including phenoxy) is 1. The number of nitrogens with one attached hydrogen (secondary N) is 2. The van der Waals surface area contributed by atoms with Crippen LogP contribution in [0.4, 0.5) is 0 Å². The van der Waals surface area contributed by atoms with Crippen molar-refractivity contribution < 1.29 is 9.84 Å². The average molecular weight is 333 g/mol. The van der Waals surface area contributed by atoms with Crippen molar-refractivity contribution in [1.82, 2.24) is 4.57 Å². The normalized spacial score (nSPS) is 11.3. The van der Waals surface area contributed by atoms with Gasteiger partial charge in [0.1, 0.15) is 5.75 Å². The molecule has 0 radical (unpaired) electrons. The van der Waals surface area contributed by atoms with E-state index in [4.69, 9.17) is 21.6 Å². The minimum atomic E-state index is 0.0446. The largest absolute Gasteiger partial charge is 0.494 e. The highest BCUT2D eigenvalue weighted by Gasteiger charge is 2.09. The molecule has 1 aromatic carbocycles. The topological polar surface area (TPSA) is 116 Å². The summed E-state index contributed by atoms with van der Waals surface area (Å²) in [6.07, 6.45) is 1.89. The predicted octanol–water partition coefficient (Wildman–Crippen LogP) is -0.446. The smallest absolute Gasteiger partial charge is 0.362 e. The Hall–Kier alpha value is -2.61. The first-order valence-corrected chi connectivity index (χ1v) is 8.02. The lowest BCUT2D eigenvalue weighted by atomic mass is 10.1. The lowest BCUT2D eigenvalue weighted by Crippen LogP contribution is -2.72. The Kier molecular flexibility index (Phi) is 5.53. The van der Waals surface area contributed by atoms with Gasteiger partial charge in [-0.2, -0.15) is 5.10 Å². The molecule has 0 spiro atoms. The van der Waals surface area contributed by atoms with Crippen LogP contribution in [0.3, 0.4) is 0 Å². The molecule has 2 aromatic rings. The summed E-state index contributed by atoms with van der Waals surface area (Å²) in [5.41, 5.74) is 13.4. The highest BCUT2D eigenvalue weighted by molar-refractivity contribution is 7.06. The minimum Gasteiger partial charge on any atom is -0.494 e. The van der Waals surface area contributed by atoms with Gasteiger partial charge < -0.3 is 9.30 Å². The van der Waals surface area contributed by atoms with Crippen LogP contribution in [0, 0.1) is 5.41 Å². The zero-order valence-electron chi connectivity index (χ0n) is 13.2. The van der Waals surface area contributed by atoms with E-state index in [0.29, 0.717) is 18.0 Å². The van der Waals surface area contributed by atoms with Crippen LogP contribution in [0.5, 0.6) is 5.75 Å². The fraction of sp³-hybridized carbons (Fsp3) is 0.267. The highest BCUT2D eigenvalue weighted by atomic mass is 32.1. The summed E-state index contributed by atoms with van der Waals surface area (Å²) in [6, 6.07) is 5.85. The van der Waals surface area contributed by atoms with Gasteiger partial charge in [0.15, 0.2) is 4.80 Å². The highest BCUT2D eigenvalue weighted by Crippen LogP contribution is 2.21. The molecule has 122 valence electrons. The molecule has 7 nitrogen and oxygen atoms in total. The first-order chi connectivity index (χ1) is 11.0. The molecule has 23 heavy (non-hydrogen) atoms. The van der Waals surface area contributed by atoms with Gasteiger partial charge >= 0.3 is 5.96 Å². The minimum absolute atomic E-state index is 0.0446. The van der Waals surface area contributed by atoms with Gasteiger partial charge in [-0.05, 0) is 37.6 Å². The maximum absolute atomic E-state index is 7.90. The molecule has 8 heteroatoms. The van der Waals surface area contributed by atoms with Gasteiger partial charge in [0.25, 0.3) is 0 Å². The van der Waals surface area contributed by atoms with E-state index in [1.54, 1.807) is 0 Å². The summed E-state index contributed by atoms with van der Waals surface area (Å²) >= 11 is 1.39. The Morgan fingerprint density at radius 2 is 2.22 bits per heavy atom. The first kappa shape index (κ1) is 16.8. The number of thiazole rings is 1. The summed E-state index contributed by atoms with van der Waals surface area (Å²) in [4.78, 5) is 0.496. The number of aromatic nitrogens is 1. The van der Waals surface area contributed by atoms with Gasteiger partial charge in [-0.15, -0.1) is 16.4 Å². The van der Waals surface area contributed by atoms with Gasteiger partial charge in [-0.1, -0.05) is 0 Å². The van der Waals surface area contributed by atoms with E-state index in [-0.39, 0.29) is 5.96 Å². The van der Waals surface area contributed by atoms with Crippen LogP contribution in [0.2, 0.25) is 0 Å². The molecule has 6 N–H and O–H groups in total. The standard InChI is InChI=1S/C15H20N6OS/c1-3-22-13-5-4-11(10(2)19-20-14(16)17)8-12(13)9-21-6-7-23-15(21)18/h4-8,18H,3,9H2,1-2H3,(H4,16,17,20)/p+1/b18-15?,19-10-. The van der Waals surface area contributed by atoms with Crippen molar-refractivity contribution in [1.29, 1.82) is 5.41 Å². The molecule has 0 amide bonds. The van der Waals surface area contributed by atoms with Crippen molar-refractivity contribution in [3.05, 3.63) is 45.7 Å². The van der Waals surface area contributed by atoms with Crippen molar-refractivity contribution in [3.63, 3.8) is 0 Å². The summed E-state index contributed by atoms with van der Waals surface area (Å²) in [5.74, 6) is 0.850. The molecular formula is C15H21N6OS+. The molecule has 0 aliphatic carbocycles. The maximum Gasteiger partial charge on any atom is 0.362 e. The van der Waals surface area contributed by atoms with Gasteiger partial charge in [0, 0.05) is 17.1 Å². The molecule has 2 rings (SSSR count). The van der Waals surface area contributed by atoms with Crippen LogP contribution < -0.4 is 26.1 Å². The number of rotatable bonds is 6. The number of guanidine groups is 1. The molecule has 0 aliphatic rings. The molecule has 0 bridgehead atoms. The molecule has 0 unspecified atom stereocenters. The van der Waals surface area contributed by atoms with Crippen molar-refractivity contribution >= 4 is 23.0 Å². The van der Waals surface area contributed by atoms with Crippen molar-refractivity contribution in [3.8, 4) is 5.75 Å². The van der Waals surface area contributed by atoms with Crippen molar-refractivity contribution in [2.75, 3.05) is 6.61 Å². The van der Waals surface area contributed by atoms with Crippen LogP contribution in [0.25, 0.3) is 0 Å². The number of nitrogens with zero attached hydrogens (tertiary/aromatic N) is 2. The second-order valence-electron chi connectivity index (χ2n) is 4.86. The third-order valence-electron chi connectivity index (χ3n) is 3.15. The third kappa shape index (κ3) is 4.43. The van der Waals surface area contributed by atoms with Crippen LogP contribution in [0.1, 0.15) is 25.0 Å². The van der Waals surface area contributed by atoms with Gasteiger partial charge in [-0.25, -0.2) is 0 Å². The Bertz CT molecular complexity index is 785. The Balaban J connectivity index is 2.39. The molecular weight excluding hydrogens is 312 g/mol. The van der Waals surface area contributed by atoms with E-state index < -0.39 is 0 Å². The first-order valence-electron chi connectivity index (χ1n) is 7.14. The van der Waals surface area contributed by atoms with Crippen molar-refractivity contribution in [2.24, 2.45) is 16.6 Å². The Labute approximate surface area is 138 Å². The van der Waals surface area contributed by atoms with Gasteiger partial charge in [0.2, 0.25) is 0 Å². The fourth-order valence-electron chi connectivity index (χ4n) is 2.05. The summed E-state index contributed by atoms with van der Waals surface area (Å²) in [7, 11) is 0. The summed E-state index contributed by atoms with van der Waals surface area (Å²) < 4.78 is 7.55. The molecule has 1 heterocycles. The number of benzene rings is 1. The third-order valence-corrected chi connectivity index (χ3v) is 3.87. The summed E-state index contributed by atoms with van der Waals surface area (Å²) in [6.45, 7) is 4.96. The molecule has 0 saturated heterocycles. The Morgan fingerprint density at radius 1 is 1.43 bits per heavy atom. The van der Waals surface area contributed by atoms with Crippen LogP contribution in [0.15, 0.2) is 34.9 Å². The van der Waals surface area contributed by atoms with E-state index in [1.807, 2.05) is 48.2 Å². The SMILES string of the molecule is CCOc1ccc(/C(C)=N\[NH+]=C(N)N)cc1Cn1ccsc1=N. The molecule has 0 fully saturated rings. The molecule has 1 aromatic heterocycles. The van der Waals surface area contributed by atoms with E-state index in [1.165, 1.54) is 11.3 Å². The fourth-order valence-corrected chi connectivity index (χ4v) is 2.65. The lowest BCUT2D eigenvalue weighted by molar-refractivity contribution is -0.464. The van der Waals surface area contributed by atoms with Gasteiger partial charge in [0.05, 0.1) is 18.9 Å². The second kappa shape index (κ2) is 7.59. The number of nitrogens with two attached hydrogens (primary N) is 2. The Morgan fingerprint density at radius 3 is 2.83 bits per heavy atom. The van der Waals surface area contributed by atoms with Crippen LogP contribution in [-0.4, -0.2) is 22.8 Å². The summed E-state index contributed by atoms with van der Waals surface area (Å²) in [5, 5.41) is 16.5. The second-order valence-corrected chi connectivity index (χ2v) is 5.75. The monoisotopic (exact) mass is 333 g/mol. The van der Waals surface area contributed by atoms with E-state index >= 15 is 0 Å². The predicted molar refractivity (Wildman–Crippen MR) is 91.4 cm³/mol. The number of hydrogen-bond acceptors (Lipinski definition) is 4. The van der Waals surface area contributed by atoms with Crippen LogP contribution in [-0.2, 0) is 6.54 Å². The zero-order chi connectivity index (χ0) is 16.8. The number of hydrazone groups is 1. The van der Waals surface area contributed by atoms with Crippen molar-refractivity contribution in [2.45, 2.75) is 20.4 Å². The van der Waals surface area contributed by atoms with E-state index in [9.17, 15) is 0 Å². The maximum atomic E-state index is 7.90. The number of hydrogen-bond donors (Lipinski definition) is 4. The molecule has 0 saturated carbocycles. The van der Waals surface area contributed by atoms with Gasteiger partial charge in [-0.3, -0.25) is 16.9 Å². The average Bonchev–Trinajstić information content (AvgIpc) is 2.92. The quantitative estimate of drug-likeness (QED) is 0.326. The van der Waals surface area contributed by atoms with Crippen LogP contribution >= 0.6 is 11.3 Å². The van der Waals surface area contributed by atoms with E-state index in [0.717, 1.165) is 22.6 Å².